The third-order valence-electron chi connectivity index (χ3n) is 3.96. The van der Waals surface area contributed by atoms with Crippen LogP contribution in [0.1, 0.15) is 26.2 Å². The number of rotatable bonds is 3. The molecule has 2 atom stereocenters. The van der Waals surface area contributed by atoms with Gasteiger partial charge in [-0.05, 0) is 26.3 Å². The van der Waals surface area contributed by atoms with Crippen LogP contribution in [0.15, 0.2) is 0 Å². The second-order valence-corrected chi connectivity index (χ2v) is 5.20. The molecular formula is C13H23N3O3. The Morgan fingerprint density at radius 2 is 2.11 bits per heavy atom. The highest BCUT2D eigenvalue weighted by molar-refractivity contribution is 6.01. The van der Waals surface area contributed by atoms with Crippen LogP contribution in [0.4, 0.5) is 0 Å². The zero-order valence-electron chi connectivity index (χ0n) is 11.5. The van der Waals surface area contributed by atoms with Crippen molar-refractivity contribution in [2.24, 2.45) is 5.73 Å². The van der Waals surface area contributed by atoms with E-state index in [1.54, 1.807) is 11.8 Å². The van der Waals surface area contributed by atoms with Crippen LogP contribution in [0.25, 0.3) is 0 Å². The van der Waals surface area contributed by atoms with Crippen molar-refractivity contribution in [3.05, 3.63) is 0 Å². The number of nitrogens with zero attached hydrogens (tertiary/aromatic N) is 2. The number of carbonyl (C=O) groups excluding carboxylic acids is 2. The molecule has 0 aromatic carbocycles. The molecular weight excluding hydrogens is 246 g/mol. The van der Waals surface area contributed by atoms with Gasteiger partial charge in [0, 0.05) is 25.7 Å². The van der Waals surface area contributed by atoms with Crippen LogP contribution in [-0.4, -0.2) is 66.5 Å². The molecule has 2 fully saturated rings. The van der Waals surface area contributed by atoms with Gasteiger partial charge >= 0.3 is 5.97 Å². The third-order valence-corrected chi connectivity index (χ3v) is 3.96. The van der Waals surface area contributed by atoms with E-state index < -0.39 is 12.0 Å². The van der Waals surface area contributed by atoms with E-state index in [2.05, 4.69) is 4.90 Å². The van der Waals surface area contributed by atoms with Crippen LogP contribution in [0.5, 0.6) is 0 Å². The zero-order valence-corrected chi connectivity index (χ0v) is 11.5. The van der Waals surface area contributed by atoms with Crippen molar-refractivity contribution < 1.29 is 14.3 Å². The summed E-state index contributed by atoms with van der Waals surface area (Å²) in [5.74, 6) is -0.928. The predicted octanol–water partition coefficient (Wildman–Crippen LogP) is -0.426. The van der Waals surface area contributed by atoms with Crippen LogP contribution in [0, 0.1) is 0 Å². The molecule has 2 heterocycles. The molecule has 19 heavy (non-hydrogen) atoms. The van der Waals surface area contributed by atoms with Crippen LogP contribution in [0.2, 0.25) is 0 Å². The molecule has 0 radical (unpaired) electrons. The van der Waals surface area contributed by atoms with E-state index in [0.29, 0.717) is 19.1 Å². The summed E-state index contributed by atoms with van der Waals surface area (Å²) in [6.07, 6.45) is 3.58. The minimum absolute atomic E-state index is 0.246. The largest absolute Gasteiger partial charge is 0.464 e. The SMILES string of the molecule is CCOC(=O)C(N)C(=O)N1CCN2CCCCC2C1. The summed E-state index contributed by atoms with van der Waals surface area (Å²) in [4.78, 5) is 27.8. The molecule has 2 N–H and O–H groups in total. The van der Waals surface area contributed by atoms with Crippen molar-refractivity contribution in [1.29, 1.82) is 0 Å². The van der Waals surface area contributed by atoms with Gasteiger partial charge in [0.2, 0.25) is 0 Å². The number of nitrogens with two attached hydrogens (primary N) is 1. The van der Waals surface area contributed by atoms with E-state index in [1.807, 2.05) is 0 Å². The van der Waals surface area contributed by atoms with Crippen molar-refractivity contribution in [3.8, 4) is 0 Å². The number of carbonyl (C=O) groups is 2. The number of esters is 1. The molecule has 0 saturated carbocycles. The Bertz CT molecular complexity index is 348. The minimum atomic E-state index is -1.17. The van der Waals surface area contributed by atoms with Crippen LogP contribution in [0.3, 0.4) is 0 Å². The molecule has 0 aliphatic carbocycles. The fourth-order valence-electron chi connectivity index (χ4n) is 2.89. The second-order valence-electron chi connectivity index (χ2n) is 5.20. The van der Waals surface area contributed by atoms with Gasteiger partial charge in [0.1, 0.15) is 0 Å². The summed E-state index contributed by atoms with van der Waals surface area (Å²) in [5, 5.41) is 0. The highest BCUT2D eigenvalue weighted by Crippen LogP contribution is 2.21. The van der Waals surface area contributed by atoms with Crippen molar-refractivity contribution in [3.63, 3.8) is 0 Å². The first-order valence-electron chi connectivity index (χ1n) is 7.08. The summed E-state index contributed by atoms with van der Waals surface area (Å²) in [6, 6.07) is -0.740. The Hall–Kier alpha value is -1.14. The molecule has 108 valence electrons. The van der Waals surface area contributed by atoms with Gasteiger partial charge in [0.15, 0.2) is 6.04 Å². The lowest BCUT2D eigenvalue weighted by Gasteiger charge is -2.44. The Balaban J connectivity index is 1.91. The van der Waals surface area contributed by atoms with Gasteiger partial charge < -0.3 is 15.4 Å². The average molecular weight is 269 g/mol. The molecule has 2 saturated heterocycles. The first-order chi connectivity index (χ1) is 9.13. The van der Waals surface area contributed by atoms with Gasteiger partial charge in [-0.3, -0.25) is 9.69 Å². The summed E-state index contributed by atoms with van der Waals surface area (Å²) < 4.78 is 4.80. The van der Waals surface area contributed by atoms with Gasteiger partial charge in [-0.1, -0.05) is 6.42 Å². The summed E-state index contributed by atoms with van der Waals surface area (Å²) in [7, 11) is 0. The summed E-state index contributed by atoms with van der Waals surface area (Å²) in [6.45, 7) is 5.29. The van der Waals surface area contributed by atoms with Crippen molar-refractivity contribution in [2.75, 3.05) is 32.8 Å². The van der Waals surface area contributed by atoms with Crippen molar-refractivity contribution >= 4 is 11.9 Å². The molecule has 6 nitrogen and oxygen atoms in total. The predicted molar refractivity (Wildman–Crippen MR) is 70.4 cm³/mol. The van der Waals surface area contributed by atoms with Gasteiger partial charge in [0.25, 0.3) is 5.91 Å². The molecule has 2 aliphatic heterocycles. The highest BCUT2D eigenvalue weighted by atomic mass is 16.5. The summed E-state index contributed by atoms with van der Waals surface area (Å²) >= 11 is 0. The number of fused-ring (bicyclic) bond motifs is 1. The topological polar surface area (TPSA) is 75.9 Å². The van der Waals surface area contributed by atoms with E-state index in [1.165, 1.54) is 12.8 Å². The number of ether oxygens (including phenoxy) is 1. The van der Waals surface area contributed by atoms with E-state index in [9.17, 15) is 9.59 Å². The van der Waals surface area contributed by atoms with Crippen LogP contribution in [-0.2, 0) is 14.3 Å². The Kier molecular flexibility index (Phi) is 4.76. The number of piperazine rings is 1. The van der Waals surface area contributed by atoms with Gasteiger partial charge in [-0.15, -0.1) is 0 Å². The second kappa shape index (κ2) is 6.34. The molecule has 2 unspecified atom stereocenters. The van der Waals surface area contributed by atoms with Crippen LogP contribution < -0.4 is 5.73 Å². The summed E-state index contributed by atoms with van der Waals surface area (Å²) in [5.41, 5.74) is 5.67. The third kappa shape index (κ3) is 3.25. The number of amides is 1. The van der Waals surface area contributed by atoms with Gasteiger partial charge in [0.05, 0.1) is 6.61 Å². The normalized spacial score (nSPS) is 25.6. The molecule has 6 heteroatoms. The van der Waals surface area contributed by atoms with E-state index in [0.717, 1.165) is 19.5 Å². The van der Waals surface area contributed by atoms with Gasteiger partial charge in [-0.2, -0.15) is 0 Å². The van der Waals surface area contributed by atoms with Crippen molar-refractivity contribution in [1.82, 2.24) is 9.80 Å². The Morgan fingerprint density at radius 1 is 1.32 bits per heavy atom. The van der Waals surface area contributed by atoms with Crippen LogP contribution >= 0.6 is 0 Å². The number of hydrogen-bond donors (Lipinski definition) is 1. The number of hydrogen-bond acceptors (Lipinski definition) is 5. The molecule has 2 rings (SSSR count). The van der Waals surface area contributed by atoms with Gasteiger partial charge in [-0.25, -0.2) is 4.79 Å². The minimum Gasteiger partial charge on any atom is -0.464 e. The molecule has 0 spiro atoms. The smallest absolute Gasteiger partial charge is 0.332 e. The first kappa shape index (κ1) is 14.3. The molecule has 1 amide bonds. The number of piperidine rings is 1. The molecule has 0 bridgehead atoms. The zero-order chi connectivity index (χ0) is 13.8. The monoisotopic (exact) mass is 269 g/mol. The lowest BCUT2D eigenvalue weighted by atomic mass is 9.99. The molecule has 2 aliphatic rings. The molecule has 0 aromatic rings. The maximum absolute atomic E-state index is 12.2. The first-order valence-corrected chi connectivity index (χ1v) is 7.08. The maximum atomic E-state index is 12.2. The molecule has 0 aromatic heterocycles. The maximum Gasteiger partial charge on any atom is 0.332 e. The standard InChI is InChI=1S/C13H23N3O3/c1-2-19-13(18)11(14)12(17)16-8-7-15-6-4-3-5-10(15)9-16/h10-11H,2-9,14H2,1H3. The fraction of sp³-hybridized carbons (Fsp3) is 0.846. The van der Waals surface area contributed by atoms with E-state index >= 15 is 0 Å². The highest BCUT2D eigenvalue weighted by Gasteiger charge is 2.35. The quantitative estimate of drug-likeness (QED) is 0.556. The Morgan fingerprint density at radius 3 is 2.84 bits per heavy atom. The fourth-order valence-corrected chi connectivity index (χ4v) is 2.89. The van der Waals surface area contributed by atoms with Crippen molar-refractivity contribution in [2.45, 2.75) is 38.3 Å². The average Bonchev–Trinajstić information content (AvgIpc) is 2.45. The van der Waals surface area contributed by atoms with E-state index in [4.69, 9.17) is 10.5 Å². The lowest BCUT2D eigenvalue weighted by molar-refractivity contribution is -0.152. The Labute approximate surface area is 113 Å². The van der Waals surface area contributed by atoms with E-state index in [-0.39, 0.29) is 12.5 Å². The lowest BCUT2D eigenvalue weighted by Crippen LogP contribution is -2.59.